The minimum absolute atomic E-state index is 0.0803. The summed E-state index contributed by atoms with van der Waals surface area (Å²) in [5, 5.41) is 8.29. The van der Waals surface area contributed by atoms with Gasteiger partial charge in [-0.25, -0.2) is 4.68 Å². The molecule has 1 amide bonds. The fraction of sp³-hybridized carbons (Fsp3) is 0.429. The number of para-hydroxylation sites is 1. The van der Waals surface area contributed by atoms with Gasteiger partial charge in [0.2, 0.25) is 0 Å². The molecule has 0 unspecified atom stereocenters. The number of aromatic nitrogens is 2. The number of nitrogens with one attached hydrogen (secondary N) is 1. The number of nitrogens with zero attached hydrogens (tertiary/aromatic N) is 4. The second-order valence-corrected chi connectivity index (χ2v) is 9.86. The quantitative estimate of drug-likeness (QED) is 0.424. The van der Waals surface area contributed by atoms with Crippen LogP contribution in [0, 0.1) is 5.92 Å². The Labute approximate surface area is 216 Å². The molecule has 0 radical (unpaired) electrons. The minimum Gasteiger partial charge on any atom is -0.336 e. The van der Waals surface area contributed by atoms with Crippen molar-refractivity contribution in [2.75, 3.05) is 39.3 Å². The number of hydrogen-bond donors (Lipinski definition) is 1. The van der Waals surface area contributed by atoms with Crippen molar-refractivity contribution in [3.05, 3.63) is 83.2 Å². The average molecular weight is 514 g/mol. The summed E-state index contributed by atoms with van der Waals surface area (Å²) < 4.78 is 41.0. The van der Waals surface area contributed by atoms with Crippen molar-refractivity contribution >= 4 is 5.91 Å². The molecule has 1 aliphatic rings. The molecule has 0 spiro atoms. The lowest BCUT2D eigenvalue weighted by atomic mass is 10.1. The van der Waals surface area contributed by atoms with Gasteiger partial charge in [0.15, 0.2) is 0 Å². The highest BCUT2D eigenvalue weighted by Gasteiger charge is 2.31. The van der Waals surface area contributed by atoms with E-state index in [4.69, 9.17) is 5.10 Å². The van der Waals surface area contributed by atoms with E-state index >= 15 is 0 Å². The highest BCUT2D eigenvalue weighted by Crippen LogP contribution is 2.29. The van der Waals surface area contributed by atoms with Gasteiger partial charge in [-0.05, 0) is 48.7 Å². The zero-order valence-electron chi connectivity index (χ0n) is 21.3. The molecule has 198 valence electrons. The van der Waals surface area contributed by atoms with Crippen LogP contribution in [-0.4, -0.2) is 64.8 Å². The van der Waals surface area contributed by atoms with Crippen LogP contribution in [0.5, 0.6) is 0 Å². The van der Waals surface area contributed by atoms with Crippen molar-refractivity contribution in [2.24, 2.45) is 5.92 Å². The van der Waals surface area contributed by atoms with E-state index < -0.39 is 11.7 Å². The molecule has 0 aliphatic carbocycles. The van der Waals surface area contributed by atoms with E-state index in [9.17, 15) is 18.0 Å². The van der Waals surface area contributed by atoms with E-state index in [-0.39, 0.29) is 11.5 Å². The van der Waals surface area contributed by atoms with Gasteiger partial charge >= 0.3 is 6.18 Å². The second kappa shape index (κ2) is 11.9. The molecular weight excluding hydrogens is 479 g/mol. The zero-order chi connectivity index (χ0) is 26.4. The van der Waals surface area contributed by atoms with Gasteiger partial charge in [-0.2, -0.15) is 18.3 Å². The molecule has 1 saturated heterocycles. The molecule has 0 saturated carbocycles. The van der Waals surface area contributed by atoms with Crippen LogP contribution < -0.4 is 5.32 Å². The summed E-state index contributed by atoms with van der Waals surface area (Å²) in [6.07, 6.45) is -3.51. The van der Waals surface area contributed by atoms with Crippen LogP contribution in [0.15, 0.2) is 60.7 Å². The summed E-state index contributed by atoms with van der Waals surface area (Å²) in [7, 11) is 0. The van der Waals surface area contributed by atoms with E-state index in [0.29, 0.717) is 38.6 Å². The van der Waals surface area contributed by atoms with Crippen LogP contribution in [-0.2, 0) is 19.1 Å². The monoisotopic (exact) mass is 513 g/mol. The Hall–Kier alpha value is -3.17. The van der Waals surface area contributed by atoms with Crippen molar-refractivity contribution in [2.45, 2.75) is 33.0 Å². The standard InChI is InChI=1S/C28H34F3N5O/c1-21(2)17-26-19-24(33-36(26)25-9-4-3-5-10-25)20-32-11-12-34-13-15-35(16-14-34)27(37)22-7-6-8-23(18-22)28(29,30)31/h3-10,18-19,21,32H,11-17,20H2,1-2H3. The molecular formula is C28H34F3N5O. The smallest absolute Gasteiger partial charge is 0.336 e. The summed E-state index contributed by atoms with van der Waals surface area (Å²) in [5.74, 6) is 0.175. The molecule has 1 aromatic heterocycles. The Bertz CT molecular complexity index is 1170. The number of amides is 1. The molecule has 37 heavy (non-hydrogen) atoms. The Morgan fingerprint density at radius 2 is 1.73 bits per heavy atom. The van der Waals surface area contributed by atoms with E-state index in [2.05, 4.69) is 42.3 Å². The summed E-state index contributed by atoms with van der Waals surface area (Å²) in [5.41, 5.74) is 2.53. The third-order valence-electron chi connectivity index (χ3n) is 6.46. The van der Waals surface area contributed by atoms with E-state index in [0.717, 1.165) is 43.0 Å². The minimum atomic E-state index is -4.46. The number of hydrogen-bond acceptors (Lipinski definition) is 4. The lowest BCUT2D eigenvalue weighted by Crippen LogP contribution is -2.50. The summed E-state index contributed by atoms with van der Waals surface area (Å²) >= 11 is 0. The van der Waals surface area contributed by atoms with E-state index in [1.54, 1.807) is 4.90 Å². The van der Waals surface area contributed by atoms with E-state index in [1.807, 2.05) is 22.9 Å². The van der Waals surface area contributed by atoms with Crippen molar-refractivity contribution < 1.29 is 18.0 Å². The first-order valence-corrected chi connectivity index (χ1v) is 12.7. The fourth-order valence-electron chi connectivity index (χ4n) is 4.56. The van der Waals surface area contributed by atoms with Gasteiger partial charge in [0, 0.05) is 57.1 Å². The molecule has 0 bridgehead atoms. The number of piperazine rings is 1. The predicted octanol–water partition coefficient (Wildman–Crippen LogP) is 4.64. The maximum absolute atomic E-state index is 13.0. The first-order chi connectivity index (χ1) is 17.7. The third kappa shape index (κ3) is 7.20. The molecule has 1 fully saturated rings. The lowest BCUT2D eigenvalue weighted by molar-refractivity contribution is -0.137. The normalized spacial score (nSPS) is 14.9. The van der Waals surface area contributed by atoms with Crippen LogP contribution in [0.3, 0.4) is 0 Å². The van der Waals surface area contributed by atoms with Gasteiger partial charge in [-0.3, -0.25) is 9.69 Å². The second-order valence-electron chi connectivity index (χ2n) is 9.86. The van der Waals surface area contributed by atoms with Crippen LogP contribution in [0.4, 0.5) is 13.2 Å². The topological polar surface area (TPSA) is 53.4 Å². The van der Waals surface area contributed by atoms with Gasteiger partial charge in [0.1, 0.15) is 0 Å². The third-order valence-corrected chi connectivity index (χ3v) is 6.46. The van der Waals surface area contributed by atoms with Crippen molar-refractivity contribution in [3.63, 3.8) is 0 Å². The van der Waals surface area contributed by atoms with Crippen LogP contribution in [0.2, 0.25) is 0 Å². The van der Waals surface area contributed by atoms with Crippen molar-refractivity contribution in [1.29, 1.82) is 0 Å². The molecule has 1 aliphatic heterocycles. The number of carbonyl (C=O) groups is 1. The molecule has 4 rings (SSSR count). The van der Waals surface area contributed by atoms with E-state index in [1.165, 1.54) is 17.8 Å². The van der Waals surface area contributed by atoms with Crippen molar-refractivity contribution in [3.8, 4) is 5.69 Å². The van der Waals surface area contributed by atoms with Gasteiger partial charge in [-0.15, -0.1) is 0 Å². The van der Waals surface area contributed by atoms with Gasteiger partial charge < -0.3 is 10.2 Å². The molecule has 2 aromatic carbocycles. The maximum Gasteiger partial charge on any atom is 0.416 e. The molecule has 0 atom stereocenters. The summed E-state index contributed by atoms with van der Waals surface area (Å²) in [6.45, 7) is 9.04. The Morgan fingerprint density at radius 3 is 2.41 bits per heavy atom. The van der Waals surface area contributed by atoms with Gasteiger partial charge in [-0.1, -0.05) is 38.1 Å². The number of benzene rings is 2. The zero-order valence-corrected chi connectivity index (χ0v) is 21.3. The van der Waals surface area contributed by atoms with Crippen LogP contribution in [0.1, 0.15) is 41.2 Å². The maximum atomic E-state index is 13.0. The van der Waals surface area contributed by atoms with Crippen LogP contribution >= 0.6 is 0 Å². The number of rotatable bonds is 9. The lowest BCUT2D eigenvalue weighted by Gasteiger charge is -2.34. The molecule has 6 nitrogen and oxygen atoms in total. The SMILES string of the molecule is CC(C)Cc1cc(CNCCN2CCN(C(=O)c3cccc(C(F)(F)F)c3)CC2)nn1-c1ccccc1. The van der Waals surface area contributed by atoms with Gasteiger partial charge in [0.25, 0.3) is 5.91 Å². The number of halogens is 3. The molecule has 3 aromatic rings. The van der Waals surface area contributed by atoms with Crippen LogP contribution in [0.25, 0.3) is 5.69 Å². The Kier molecular flexibility index (Phi) is 8.66. The summed E-state index contributed by atoms with van der Waals surface area (Å²) in [6, 6.07) is 17.0. The highest BCUT2D eigenvalue weighted by molar-refractivity contribution is 5.94. The number of alkyl halides is 3. The molecule has 2 heterocycles. The van der Waals surface area contributed by atoms with Crippen molar-refractivity contribution in [1.82, 2.24) is 24.9 Å². The summed E-state index contributed by atoms with van der Waals surface area (Å²) in [4.78, 5) is 16.6. The first kappa shape index (κ1) is 26.9. The fourth-order valence-corrected chi connectivity index (χ4v) is 4.56. The highest BCUT2D eigenvalue weighted by atomic mass is 19.4. The largest absolute Gasteiger partial charge is 0.416 e. The van der Waals surface area contributed by atoms with Gasteiger partial charge in [0.05, 0.1) is 16.9 Å². The Morgan fingerprint density at radius 1 is 1.00 bits per heavy atom. The number of carbonyl (C=O) groups excluding carboxylic acids is 1. The molecule has 9 heteroatoms. The Balaban J connectivity index is 1.24. The first-order valence-electron chi connectivity index (χ1n) is 12.7. The average Bonchev–Trinajstić information content (AvgIpc) is 3.28. The predicted molar refractivity (Wildman–Crippen MR) is 138 cm³/mol. The molecule has 1 N–H and O–H groups in total.